The Balaban J connectivity index is 2.61. The van der Waals surface area contributed by atoms with E-state index < -0.39 is 17.4 Å². The fraction of sp³-hybridized carbons (Fsp3) is 0.333. The van der Waals surface area contributed by atoms with Gasteiger partial charge in [-0.2, -0.15) is 4.57 Å². The molecule has 0 saturated carbocycles. The Morgan fingerprint density at radius 2 is 1.84 bits per heavy atom. The van der Waals surface area contributed by atoms with Crippen molar-refractivity contribution in [3.8, 4) is 0 Å². The molecule has 19 heavy (non-hydrogen) atoms. The quantitative estimate of drug-likeness (QED) is 0.811. The number of hydrogen-bond donors (Lipinski definition) is 1. The van der Waals surface area contributed by atoms with Crippen LogP contribution in [-0.2, 0) is 4.74 Å². The Morgan fingerprint density at radius 1 is 1.26 bits per heavy atom. The number of carbonyl (C=O) groups is 1. The molecule has 1 N–H and O–H groups in total. The number of fused-ring (bicyclic) bond motifs is 1. The van der Waals surface area contributed by atoms with Crippen molar-refractivity contribution in [3.05, 3.63) is 32.7 Å². The number of aromatic nitrogens is 2. The molecule has 0 atom stereocenters. The third-order valence-corrected chi connectivity index (χ3v) is 3.02. The van der Waals surface area contributed by atoms with Gasteiger partial charge in [-0.3, -0.25) is 0 Å². The molecule has 1 aromatic heterocycles. The molecule has 0 aliphatic carbocycles. The van der Waals surface area contributed by atoms with Crippen molar-refractivity contribution in [2.75, 3.05) is 0 Å². The number of imidazole rings is 1. The van der Waals surface area contributed by atoms with Crippen LogP contribution >= 0.6 is 23.2 Å². The van der Waals surface area contributed by atoms with Gasteiger partial charge in [-0.15, -0.1) is 0 Å². The van der Waals surface area contributed by atoms with E-state index in [1.54, 1.807) is 20.8 Å². The van der Waals surface area contributed by atoms with Crippen molar-refractivity contribution in [3.63, 3.8) is 0 Å². The highest BCUT2D eigenvalue weighted by atomic mass is 35.5. The van der Waals surface area contributed by atoms with E-state index in [-0.39, 0.29) is 5.02 Å². The second-order valence-corrected chi connectivity index (χ2v) is 5.84. The van der Waals surface area contributed by atoms with Gasteiger partial charge in [-0.05, 0) is 32.9 Å². The molecule has 0 spiro atoms. The van der Waals surface area contributed by atoms with E-state index in [1.165, 1.54) is 12.1 Å². The maximum Gasteiger partial charge on any atom is 0.423 e. The second-order valence-electron chi connectivity index (χ2n) is 5.03. The van der Waals surface area contributed by atoms with E-state index in [1.807, 2.05) is 0 Å². The van der Waals surface area contributed by atoms with Crippen LogP contribution in [0.2, 0.25) is 10.0 Å². The van der Waals surface area contributed by atoms with E-state index in [9.17, 15) is 9.59 Å². The zero-order valence-corrected chi connectivity index (χ0v) is 12.1. The molecule has 2 rings (SSSR count). The molecule has 0 unspecified atom stereocenters. The molecule has 0 aliphatic heterocycles. The molecule has 2 aromatic rings. The number of nitrogens with zero attached hydrogens (tertiary/aromatic N) is 1. The van der Waals surface area contributed by atoms with Gasteiger partial charge in [0.25, 0.3) is 0 Å². The predicted molar refractivity (Wildman–Crippen MR) is 74.2 cm³/mol. The van der Waals surface area contributed by atoms with E-state index in [4.69, 9.17) is 27.9 Å². The van der Waals surface area contributed by atoms with Crippen molar-refractivity contribution < 1.29 is 9.53 Å². The van der Waals surface area contributed by atoms with Gasteiger partial charge in [0, 0.05) is 0 Å². The lowest BCUT2D eigenvalue weighted by atomic mass is 10.2. The van der Waals surface area contributed by atoms with E-state index >= 15 is 0 Å². The third-order valence-electron chi connectivity index (χ3n) is 2.30. The minimum Gasteiger partial charge on any atom is -0.443 e. The molecule has 0 bridgehead atoms. The summed E-state index contributed by atoms with van der Waals surface area (Å²) >= 11 is 11.7. The lowest BCUT2D eigenvalue weighted by Crippen LogP contribution is -2.32. The molecule has 0 fully saturated rings. The molecular formula is C12H12Cl2N2O3. The first-order valence-electron chi connectivity index (χ1n) is 5.52. The van der Waals surface area contributed by atoms with Crippen LogP contribution in [0.5, 0.6) is 0 Å². The second kappa shape index (κ2) is 4.58. The van der Waals surface area contributed by atoms with Gasteiger partial charge in [0.2, 0.25) is 0 Å². The summed E-state index contributed by atoms with van der Waals surface area (Å²) in [6.45, 7) is 5.15. The minimum atomic E-state index is -0.762. The Labute approximate surface area is 119 Å². The SMILES string of the molecule is CC(C)(C)OC(=O)n1c(=O)[nH]c2cc(Cl)c(Cl)cc21. The zero-order valence-electron chi connectivity index (χ0n) is 10.6. The standard InChI is InChI=1S/C12H12Cl2N2O3/c1-12(2,3)19-11(18)16-9-5-7(14)6(13)4-8(9)15-10(16)17/h4-5H,1-3H3,(H,15,17). The Morgan fingerprint density at radius 3 is 2.42 bits per heavy atom. The first-order valence-corrected chi connectivity index (χ1v) is 6.28. The van der Waals surface area contributed by atoms with Crippen molar-refractivity contribution in [2.24, 2.45) is 0 Å². The lowest BCUT2D eigenvalue weighted by Gasteiger charge is -2.19. The van der Waals surface area contributed by atoms with Gasteiger partial charge >= 0.3 is 11.8 Å². The summed E-state index contributed by atoms with van der Waals surface area (Å²) in [7, 11) is 0. The number of hydrogen-bond acceptors (Lipinski definition) is 3. The van der Waals surface area contributed by atoms with Crippen molar-refractivity contribution in [2.45, 2.75) is 26.4 Å². The average Bonchev–Trinajstić information content (AvgIpc) is 2.52. The number of halogens is 2. The molecule has 1 heterocycles. The molecule has 5 nitrogen and oxygen atoms in total. The summed E-state index contributed by atoms with van der Waals surface area (Å²) in [4.78, 5) is 26.3. The lowest BCUT2D eigenvalue weighted by molar-refractivity contribution is 0.0538. The number of H-pyrrole nitrogens is 1. The van der Waals surface area contributed by atoms with Crippen LogP contribution in [0.4, 0.5) is 4.79 Å². The van der Waals surface area contributed by atoms with Crippen LogP contribution in [-0.4, -0.2) is 21.2 Å². The largest absolute Gasteiger partial charge is 0.443 e. The highest BCUT2D eigenvalue weighted by molar-refractivity contribution is 6.42. The fourth-order valence-electron chi connectivity index (χ4n) is 1.59. The number of carbonyl (C=O) groups excluding carboxylic acids is 1. The molecule has 0 aliphatic rings. The van der Waals surface area contributed by atoms with Gasteiger partial charge in [-0.1, -0.05) is 23.2 Å². The normalized spacial score (nSPS) is 11.8. The van der Waals surface area contributed by atoms with Crippen LogP contribution in [0.25, 0.3) is 11.0 Å². The summed E-state index contributed by atoms with van der Waals surface area (Å²) < 4.78 is 6.06. The summed E-state index contributed by atoms with van der Waals surface area (Å²) in [5, 5.41) is 0.553. The van der Waals surface area contributed by atoms with Gasteiger partial charge < -0.3 is 9.72 Å². The van der Waals surface area contributed by atoms with Crippen LogP contribution in [0.3, 0.4) is 0 Å². The number of ether oxygens (including phenoxy) is 1. The molecule has 1 aromatic carbocycles. The van der Waals surface area contributed by atoms with Crippen LogP contribution < -0.4 is 5.69 Å². The number of aromatic amines is 1. The molecule has 0 saturated heterocycles. The van der Waals surface area contributed by atoms with Crippen LogP contribution in [0.1, 0.15) is 20.8 Å². The molecule has 102 valence electrons. The first kappa shape index (κ1) is 14.0. The van der Waals surface area contributed by atoms with Crippen molar-refractivity contribution in [1.29, 1.82) is 0 Å². The zero-order chi connectivity index (χ0) is 14.4. The minimum absolute atomic E-state index is 0.255. The highest BCUT2D eigenvalue weighted by Gasteiger charge is 2.22. The summed E-state index contributed by atoms with van der Waals surface area (Å²) in [6, 6.07) is 2.93. The Bertz CT molecular complexity index is 710. The van der Waals surface area contributed by atoms with Crippen molar-refractivity contribution >= 4 is 40.3 Å². The van der Waals surface area contributed by atoms with Gasteiger partial charge in [0.05, 0.1) is 21.1 Å². The highest BCUT2D eigenvalue weighted by Crippen LogP contribution is 2.26. The molecule has 0 radical (unpaired) electrons. The molecule has 7 heteroatoms. The Hall–Kier alpha value is -1.46. The number of benzene rings is 1. The summed E-state index contributed by atoms with van der Waals surface area (Å²) in [5.41, 5.74) is -0.544. The van der Waals surface area contributed by atoms with Crippen LogP contribution in [0.15, 0.2) is 16.9 Å². The van der Waals surface area contributed by atoms with Crippen molar-refractivity contribution in [1.82, 2.24) is 9.55 Å². The van der Waals surface area contributed by atoms with E-state index in [0.29, 0.717) is 16.1 Å². The molecule has 0 amide bonds. The number of nitrogens with one attached hydrogen (secondary N) is 1. The summed E-state index contributed by atoms with van der Waals surface area (Å²) in [6.07, 6.45) is -0.762. The third kappa shape index (κ3) is 2.77. The van der Waals surface area contributed by atoms with Gasteiger partial charge in [-0.25, -0.2) is 9.59 Å². The predicted octanol–water partition coefficient (Wildman–Crippen LogP) is 3.42. The topological polar surface area (TPSA) is 64.1 Å². The monoisotopic (exact) mass is 302 g/mol. The van der Waals surface area contributed by atoms with E-state index in [0.717, 1.165) is 4.57 Å². The first-order chi connectivity index (χ1) is 8.69. The van der Waals surface area contributed by atoms with Gasteiger partial charge in [0.15, 0.2) is 0 Å². The maximum absolute atomic E-state index is 12.0. The number of rotatable bonds is 0. The smallest absolute Gasteiger partial charge is 0.423 e. The summed E-state index contributed by atoms with van der Waals surface area (Å²) in [5.74, 6) is 0. The van der Waals surface area contributed by atoms with E-state index in [2.05, 4.69) is 4.98 Å². The Kier molecular flexibility index (Phi) is 3.36. The van der Waals surface area contributed by atoms with Gasteiger partial charge in [0.1, 0.15) is 5.60 Å². The fourth-order valence-corrected chi connectivity index (χ4v) is 1.91. The average molecular weight is 303 g/mol. The van der Waals surface area contributed by atoms with Crippen LogP contribution in [0, 0.1) is 0 Å². The maximum atomic E-state index is 12.0. The molecular weight excluding hydrogens is 291 g/mol.